The minimum atomic E-state index is -0.656. The molecule has 1 atom stereocenters. The maximum absolute atomic E-state index is 12.8. The minimum absolute atomic E-state index is 0.125. The highest BCUT2D eigenvalue weighted by Gasteiger charge is 2.46. The van der Waals surface area contributed by atoms with E-state index in [1.807, 2.05) is 43.4 Å². The van der Waals surface area contributed by atoms with Crippen molar-refractivity contribution in [2.75, 3.05) is 33.8 Å². The number of carbonyl (C=O) groups is 2. The number of likely N-dealkylation sites (N-methyl/N-ethyl adjacent to an activating group) is 1. The first kappa shape index (κ1) is 20.1. The van der Waals surface area contributed by atoms with Gasteiger partial charge in [-0.05, 0) is 44.6 Å². The van der Waals surface area contributed by atoms with E-state index in [1.165, 1.54) is 11.3 Å². The number of ether oxygens (including phenoxy) is 1. The van der Waals surface area contributed by atoms with E-state index in [-0.39, 0.29) is 11.3 Å². The largest absolute Gasteiger partial charge is 0.507 e. The van der Waals surface area contributed by atoms with Crippen LogP contribution in [0.3, 0.4) is 0 Å². The van der Waals surface area contributed by atoms with Crippen LogP contribution >= 0.6 is 11.3 Å². The van der Waals surface area contributed by atoms with E-state index in [0.717, 1.165) is 4.88 Å². The number of benzene rings is 1. The van der Waals surface area contributed by atoms with E-state index in [0.29, 0.717) is 31.0 Å². The zero-order chi connectivity index (χ0) is 20.3. The van der Waals surface area contributed by atoms with Gasteiger partial charge in [-0.15, -0.1) is 11.3 Å². The van der Waals surface area contributed by atoms with Gasteiger partial charge in [0.15, 0.2) is 0 Å². The Morgan fingerprint density at radius 2 is 2.04 bits per heavy atom. The number of aliphatic hydroxyl groups is 1. The lowest BCUT2D eigenvalue weighted by molar-refractivity contribution is -0.140. The molecule has 1 unspecified atom stereocenters. The Balaban J connectivity index is 2.08. The molecule has 0 radical (unpaired) electrons. The number of amides is 1. The van der Waals surface area contributed by atoms with Gasteiger partial charge in [-0.25, -0.2) is 0 Å². The van der Waals surface area contributed by atoms with Crippen LogP contribution in [0.1, 0.15) is 23.4 Å². The molecule has 1 aliphatic rings. The van der Waals surface area contributed by atoms with Crippen molar-refractivity contribution < 1.29 is 19.4 Å². The third-order valence-corrected chi connectivity index (χ3v) is 5.48. The highest BCUT2D eigenvalue weighted by Crippen LogP contribution is 2.41. The SMILES string of the molecule is CCOc1cccc(C(O)=C2C(=O)C(=O)N(CCN(C)C)C2c2cccs2)c1. The van der Waals surface area contributed by atoms with E-state index in [4.69, 9.17) is 4.74 Å². The molecule has 0 bridgehead atoms. The Hall–Kier alpha value is -2.64. The number of carbonyl (C=O) groups excluding carboxylic acids is 2. The molecule has 1 aromatic heterocycles. The van der Waals surface area contributed by atoms with Crippen LogP contribution in [0.25, 0.3) is 5.76 Å². The van der Waals surface area contributed by atoms with Crippen molar-refractivity contribution in [1.29, 1.82) is 0 Å². The predicted octanol–water partition coefficient (Wildman–Crippen LogP) is 3.13. The van der Waals surface area contributed by atoms with Crippen molar-refractivity contribution in [2.24, 2.45) is 0 Å². The van der Waals surface area contributed by atoms with Gasteiger partial charge in [0.05, 0.1) is 18.2 Å². The van der Waals surface area contributed by atoms with Crippen LogP contribution in [0, 0.1) is 0 Å². The molecule has 1 saturated heterocycles. The number of likely N-dealkylation sites (tertiary alicyclic amines) is 1. The maximum atomic E-state index is 12.8. The molecule has 2 heterocycles. The van der Waals surface area contributed by atoms with E-state index in [2.05, 4.69) is 0 Å². The molecule has 0 aliphatic carbocycles. The second-order valence-electron chi connectivity index (χ2n) is 6.77. The number of thiophene rings is 1. The van der Waals surface area contributed by atoms with Gasteiger partial charge in [0.25, 0.3) is 11.7 Å². The van der Waals surface area contributed by atoms with E-state index >= 15 is 0 Å². The first-order chi connectivity index (χ1) is 13.4. The molecular weight excluding hydrogens is 376 g/mol. The summed E-state index contributed by atoms with van der Waals surface area (Å²) in [5, 5.41) is 12.9. The molecule has 7 heteroatoms. The molecule has 1 N–H and O–H groups in total. The van der Waals surface area contributed by atoms with Crippen molar-refractivity contribution in [3.8, 4) is 5.75 Å². The monoisotopic (exact) mass is 400 g/mol. The third kappa shape index (κ3) is 3.95. The lowest BCUT2D eigenvalue weighted by Crippen LogP contribution is -2.35. The van der Waals surface area contributed by atoms with Crippen LogP contribution in [0.2, 0.25) is 0 Å². The molecule has 1 fully saturated rings. The molecule has 0 saturated carbocycles. The Bertz CT molecular complexity index is 890. The second kappa shape index (κ2) is 8.58. The van der Waals surface area contributed by atoms with Gasteiger partial charge in [-0.3, -0.25) is 9.59 Å². The summed E-state index contributed by atoms with van der Waals surface area (Å²) in [4.78, 5) is 29.9. The molecule has 6 nitrogen and oxygen atoms in total. The highest BCUT2D eigenvalue weighted by atomic mass is 32.1. The van der Waals surface area contributed by atoms with Crippen LogP contribution < -0.4 is 4.74 Å². The first-order valence-corrected chi connectivity index (χ1v) is 10.0. The fraction of sp³-hybridized carbons (Fsp3) is 0.333. The molecule has 2 aromatic rings. The summed E-state index contributed by atoms with van der Waals surface area (Å²) < 4.78 is 5.49. The standard InChI is InChI=1S/C21H24N2O4S/c1-4-27-15-8-5-7-14(13-15)19(24)17-18(16-9-6-12-28-16)23(11-10-22(2)3)21(26)20(17)25/h5-9,12-13,18,24H,4,10-11H2,1-3H3. The molecule has 1 amide bonds. The first-order valence-electron chi connectivity index (χ1n) is 9.13. The molecular formula is C21H24N2O4S. The molecule has 28 heavy (non-hydrogen) atoms. The average molecular weight is 401 g/mol. The van der Waals surface area contributed by atoms with Crippen LogP contribution in [0.15, 0.2) is 47.4 Å². The van der Waals surface area contributed by atoms with Crippen LogP contribution in [0.5, 0.6) is 5.75 Å². The fourth-order valence-corrected chi connectivity index (χ4v) is 4.06. The number of Topliss-reactive ketones (excluding diaryl/α,β-unsaturated/α-hetero) is 1. The Morgan fingerprint density at radius 3 is 2.68 bits per heavy atom. The smallest absolute Gasteiger partial charge is 0.295 e. The zero-order valence-corrected chi connectivity index (χ0v) is 17.0. The summed E-state index contributed by atoms with van der Waals surface area (Å²) in [6, 6.07) is 10.1. The van der Waals surface area contributed by atoms with Gasteiger partial charge < -0.3 is 19.6 Å². The summed E-state index contributed by atoms with van der Waals surface area (Å²) in [5.41, 5.74) is 0.581. The zero-order valence-electron chi connectivity index (χ0n) is 16.2. The Kier molecular flexibility index (Phi) is 6.16. The Morgan fingerprint density at radius 1 is 1.25 bits per heavy atom. The molecule has 1 aromatic carbocycles. The molecule has 0 spiro atoms. The number of hydrogen-bond donors (Lipinski definition) is 1. The van der Waals surface area contributed by atoms with Crippen LogP contribution in [-0.4, -0.2) is 60.4 Å². The van der Waals surface area contributed by atoms with E-state index in [1.54, 1.807) is 29.2 Å². The van der Waals surface area contributed by atoms with Gasteiger partial charge in [-0.1, -0.05) is 18.2 Å². The van der Waals surface area contributed by atoms with Crippen molar-refractivity contribution in [3.05, 3.63) is 57.8 Å². The lowest BCUT2D eigenvalue weighted by Gasteiger charge is -2.25. The van der Waals surface area contributed by atoms with Crippen LogP contribution in [-0.2, 0) is 9.59 Å². The molecule has 148 valence electrons. The third-order valence-electron chi connectivity index (χ3n) is 4.56. The number of aliphatic hydroxyl groups excluding tert-OH is 1. The number of ketones is 1. The summed E-state index contributed by atoms with van der Waals surface area (Å²) in [6.45, 7) is 3.39. The van der Waals surface area contributed by atoms with Gasteiger partial charge >= 0.3 is 0 Å². The molecule has 1 aliphatic heterocycles. The van der Waals surface area contributed by atoms with Gasteiger partial charge in [0, 0.05) is 23.5 Å². The number of rotatable bonds is 7. The predicted molar refractivity (Wildman–Crippen MR) is 109 cm³/mol. The van der Waals surface area contributed by atoms with Gasteiger partial charge in [0.2, 0.25) is 0 Å². The summed E-state index contributed by atoms with van der Waals surface area (Å²) in [7, 11) is 3.83. The average Bonchev–Trinajstić information content (AvgIpc) is 3.28. The summed E-state index contributed by atoms with van der Waals surface area (Å²) in [5.74, 6) is -0.814. The summed E-state index contributed by atoms with van der Waals surface area (Å²) in [6.07, 6.45) is 0. The highest BCUT2D eigenvalue weighted by molar-refractivity contribution is 7.10. The maximum Gasteiger partial charge on any atom is 0.295 e. The van der Waals surface area contributed by atoms with Gasteiger partial charge in [0.1, 0.15) is 11.5 Å². The Labute approximate surface area is 168 Å². The minimum Gasteiger partial charge on any atom is -0.507 e. The van der Waals surface area contributed by atoms with Crippen molar-refractivity contribution in [3.63, 3.8) is 0 Å². The van der Waals surface area contributed by atoms with Crippen molar-refractivity contribution in [1.82, 2.24) is 9.80 Å². The van der Waals surface area contributed by atoms with E-state index in [9.17, 15) is 14.7 Å². The topological polar surface area (TPSA) is 70.1 Å². The number of hydrogen-bond acceptors (Lipinski definition) is 6. The van der Waals surface area contributed by atoms with Gasteiger partial charge in [-0.2, -0.15) is 0 Å². The van der Waals surface area contributed by atoms with Crippen molar-refractivity contribution >= 4 is 28.8 Å². The lowest BCUT2D eigenvalue weighted by atomic mass is 9.99. The van der Waals surface area contributed by atoms with Crippen LogP contribution in [0.4, 0.5) is 0 Å². The number of nitrogens with zero attached hydrogens (tertiary/aromatic N) is 2. The normalized spacial score (nSPS) is 18.9. The van der Waals surface area contributed by atoms with E-state index < -0.39 is 17.7 Å². The van der Waals surface area contributed by atoms with Crippen molar-refractivity contribution in [2.45, 2.75) is 13.0 Å². The second-order valence-corrected chi connectivity index (χ2v) is 7.75. The quantitative estimate of drug-likeness (QED) is 0.439. The summed E-state index contributed by atoms with van der Waals surface area (Å²) >= 11 is 1.46. The fourth-order valence-electron chi connectivity index (χ4n) is 3.22. The molecule has 3 rings (SSSR count).